The van der Waals surface area contributed by atoms with Crippen LogP contribution >= 0.6 is 47.3 Å². The summed E-state index contributed by atoms with van der Waals surface area (Å²) in [5.41, 5.74) is 3.62. The van der Waals surface area contributed by atoms with Gasteiger partial charge in [0.25, 0.3) is 0 Å². The molecule has 0 bridgehead atoms. The Hall–Kier alpha value is -1.66. The fourth-order valence-corrected chi connectivity index (χ4v) is 4.83. The van der Waals surface area contributed by atoms with Crippen LogP contribution in [0.5, 0.6) is 0 Å². The van der Waals surface area contributed by atoms with Crippen molar-refractivity contribution in [3.05, 3.63) is 95.0 Å². The van der Waals surface area contributed by atoms with E-state index in [-0.39, 0.29) is 0 Å². The highest BCUT2D eigenvalue weighted by atomic mass is 35.5. The topological polar surface area (TPSA) is 24.1 Å². The van der Waals surface area contributed by atoms with Crippen LogP contribution in [-0.4, -0.2) is 17.4 Å². The third-order valence-corrected chi connectivity index (χ3v) is 6.99. The van der Waals surface area contributed by atoms with Crippen LogP contribution in [0.25, 0.3) is 0 Å². The number of thioether (sulfide) groups is 2. The Morgan fingerprint density at radius 3 is 2.23 bits per heavy atom. The number of halogens is 1. The Bertz CT molecular complexity index is 900. The van der Waals surface area contributed by atoms with Crippen LogP contribution in [0.15, 0.2) is 83.8 Å². The molecule has 0 saturated carbocycles. The number of nitrogens with one attached hydrogen (secondary N) is 2. The maximum atomic E-state index is 5.91. The predicted octanol–water partition coefficient (Wildman–Crippen LogP) is 7.24. The molecule has 0 heterocycles. The van der Waals surface area contributed by atoms with Gasteiger partial charge in [-0.25, -0.2) is 0 Å². The molecule has 3 aromatic rings. The Kier molecular flexibility index (Phi) is 9.90. The first-order valence-corrected chi connectivity index (χ1v) is 12.8. The summed E-state index contributed by atoms with van der Waals surface area (Å²) in [6.45, 7) is 0.866. The van der Waals surface area contributed by atoms with E-state index in [0.29, 0.717) is 5.11 Å². The minimum Gasteiger partial charge on any atom is -0.362 e. The highest BCUT2D eigenvalue weighted by Gasteiger charge is 2.00. The van der Waals surface area contributed by atoms with E-state index in [1.54, 1.807) is 0 Å². The van der Waals surface area contributed by atoms with Crippen molar-refractivity contribution in [2.45, 2.75) is 22.8 Å². The maximum Gasteiger partial charge on any atom is 0.170 e. The first-order valence-electron chi connectivity index (χ1n) is 9.83. The lowest BCUT2D eigenvalue weighted by atomic mass is 10.2. The number of hydrogen-bond acceptors (Lipinski definition) is 3. The molecule has 0 fully saturated rings. The SMILES string of the molecule is S=C(NCCCSCc1ccc(Cl)cc1)Nc1ccc(CSc2ccccc2)cc1. The molecule has 0 radical (unpaired) electrons. The fourth-order valence-electron chi connectivity index (χ4n) is 2.69. The van der Waals surface area contributed by atoms with Crippen molar-refractivity contribution in [2.75, 3.05) is 17.6 Å². The molecule has 0 amide bonds. The van der Waals surface area contributed by atoms with Crippen LogP contribution in [0.3, 0.4) is 0 Å². The van der Waals surface area contributed by atoms with Gasteiger partial charge in [-0.1, -0.05) is 54.1 Å². The summed E-state index contributed by atoms with van der Waals surface area (Å²) >= 11 is 15.1. The average molecular weight is 473 g/mol. The van der Waals surface area contributed by atoms with Gasteiger partial charge in [-0.3, -0.25) is 0 Å². The maximum absolute atomic E-state index is 5.91. The van der Waals surface area contributed by atoms with Gasteiger partial charge in [0, 0.05) is 33.7 Å². The summed E-state index contributed by atoms with van der Waals surface area (Å²) in [6, 6.07) is 27.0. The van der Waals surface area contributed by atoms with Crippen LogP contribution < -0.4 is 10.6 Å². The molecule has 156 valence electrons. The van der Waals surface area contributed by atoms with Crippen LogP contribution in [0.2, 0.25) is 5.02 Å². The minimum absolute atomic E-state index is 0.670. The summed E-state index contributed by atoms with van der Waals surface area (Å²) < 4.78 is 0. The van der Waals surface area contributed by atoms with Crippen LogP contribution in [-0.2, 0) is 11.5 Å². The standard InChI is InChI=1S/C24H25ClN2S3/c25-21-11-7-19(8-12-21)17-29-16-4-15-26-24(28)27-22-13-9-20(10-14-22)18-30-23-5-2-1-3-6-23/h1-3,5-14H,4,15-18H2,(H2,26,27,28). The normalized spacial score (nSPS) is 10.6. The van der Waals surface area contributed by atoms with Gasteiger partial charge in [-0.15, -0.1) is 11.8 Å². The smallest absolute Gasteiger partial charge is 0.170 e. The molecule has 0 aliphatic heterocycles. The number of rotatable bonds is 10. The Balaban J connectivity index is 1.28. The fraction of sp³-hybridized carbons (Fsp3) is 0.208. The van der Waals surface area contributed by atoms with Crippen molar-refractivity contribution < 1.29 is 0 Å². The second-order valence-corrected chi connectivity index (χ2v) is 9.71. The van der Waals surface area contributed by atoms with E-state index in [4.69, 9.17) is 23.8 Å². The molecule has 3 rings (SSSR count). The van der Waals surface area contributed by atoms with E-state index >= 15 is 0 Å². The third-order valence-electron chi connectivity index (χ3n) is 4.29. The van der Waals surface area contributed by atoms with Crippen molar-refractivity contribution in [1.29, 1.82) is 0 Å². The molecule has 6 heteroatoms. The van der Waals surface area contributed by atoms with Gasteiger partial charge < -0.3 is 10.6 Å². The number of benzene rings is 3. The molecule has 0 aromatic heterocycles. The van der Waals surface area contributed by atoms with Crippen molar-refractivity contribution in [2.24, 2.45) is 0 Å². The average Bonchev–Trinajstić information content (AvgIpc) is 2.77. The lowest BCUT2D eigenvalue weighted by Gasteiger charge is -2.11. The molecule has 0 aliphatic rings. The Labute approximate surface area is 198 Å². The van der Waals surface area contributed by atoms with Crippen LogP contribution in [0.4, 0.5) is 5.69 Å². The Morgan fingerprint density at radius 2 is 1.50 bits per heavy atom. The zero-order valence-electron chi connectivity index (χ0n) is 16.6. The molecule has 3 aromatic carbocycles. The molecule has 30 heavy (non-hydrogen) atoms. The van der Waals surface area contributed by atoms with Gasteiger partial charge in [-0.2, -0.15) is 11.8 Å². The van der Waals surface area contributed by atoms with E-state index in [1.165, 1.54) is 16.0 Å². The molecular weight excluding hydrogens is 448 g/mol. The van der Waals surface area contributed by atoms with Crippen LogP contribution in [0, 0.1) is 0 Å². The molecular formula is C24H25ClN2S3. The molecule has 0 saturated heterocycles. The molecule has 0 unspecified atom stereocenters. The van der Waals surface area contributed by atoms with E-state index in [0.717, 1.165) is 40.9 Å². The number of hydrogen-bond donors (Lipinski definition) is 2. The quantitative estimate of drug-likeness (QED) is 0.184. The Morgan fingerprint density at radius 1 is 0.833 bits per heavy atom. The van der Waals surface area contributed by atoms with E-state index in [1.807, 2.05) is 41.7 Å². The molecule has 2 N–H and O–H groups in total. The van der Waals surface area contributed by atoms with Gasteiger partial charge in [0.1, 0.15) is 0 Å². The number of anilines is 1. The first-order chi connectivity index (χ1) is 14.7. The second kappa shape index (κ2) is 12.9. The number of thiocarbonyl (C=S) groups is 1. The summed E-state index contributed by atoms with van der Waals surface area (Å²) in [6.07, 6.45) is 1.07. The minimum atomic E-state index is 0.670. The van der Waals surface area contributed by atoms with Crippen molar-refractivity contribution >= 4 is 58.1 Å². The molecule has 0 atom stereocenters. The largest absolute Gasteiger partial charge is 0.362 e. The summed E-state index contributed by atoms with van der Waals surface area (Å²) in [7, 11) is 0. The van der Waals surface area contributed by atoms with Crippen molar-refractivity contribution in [3.8, 4) is 0 Å². The summed E-state index contributed by atoms with van der Waals surface area (Å²) in [4.78, 5) is 1.29. The van der Waals surface area contributed by atoms with Gasteiger partial charge in [0.05, 0.1) is 0 Å². The van der Waals surface area contributed by atoms with Gasteiger partial charge in [0.15, 0.2) is 5.11 Å². The first kappa shape index (κ1) is 23.0. The summed E-state index contributed by atoms with van der Waals surface area (Å²) in [5, 5.41) is 8.00. The monoisotopic (exact) mass is 472 g/mol. The lowest BCUT2D eigenvalue weighted by Crippen LogP contribution is -2.29. The summed E-state index contributed by atoms with van der Waals surface area (Å²) in [5.74, 6) is 3.06. The van der Waals surface area contributed by atoms with E-state index in [2.05, 4.69) is 71.3 Å². The van der Waals surface area contributed by atoms with Crippen molar-refractivity contribution in [1.82, 2.24) is 5.32 Å². The van der Waals surface area contributed by atoms with E-state index in [9.17, 15) is 0 Å². The molecule has 0 aliphatic carbocycles. The highest BCUT2D eigenvalue weighted by Crippen LogP contribution is 2.23. The van der Waals surface area contributed by atoms with Gasteiger partial charge in [-0.05, 0) is 71.9 Å². The second-order valence-electron chi connectivity index (χ2n) is 6.71. The highest BCUT2D eigenvalue weighted by molar-refractivity contribution is 7.98. The van der Waals surface area contributed by atoms with Crippen molar-refractivity contribution in [3.63, 3.8) is 0 Å². The van der Waals surface area contributed by atoms with Gasteiger partial charge >= 0.3 is 0 Å². The predicted molar refractivity (Wildman–Crippen MR) is 139 cm³/mol. The van der Waals surface area contributed by atoms with Gasteiger partial charge in [0.2, 0.25) is 0 Å². The van der Waals surface area contributed by atoms with E-state index < -0.39 is 0 Å². The lowest BCUT2D eigenvalue weighted by molar-refractivity contribution is 0.854. The third kappa shape index (κ3) is 8.60. The zero-order chi connectivity index (χ0) is 21.0. The zero-order valence-corrected chi connectivity index (χ0v) is 19.8. The van der Waals surface area contributed by atoms with Crippen LogP contribution in [0.1, 0.15) is 17.5 Å². The molecule has 0 spiro atoms. The molecule has 2 nitrogen and oxygen atoms in total.